The number of amides is 1. The topological polar surface area (TPSA) is 65.4 Å². The van der Waals surface area contributed by atoms with Crippen molar-refractivity contribution in [3.63, 3.8) is 0 Å². The van der Waals surface area contributed by atoms with E-state index in [1.54, 1.807) is 41.5 Å². The van der Waals surface area contributed by atoms with E-state index >= 15 is 0 Å². The fraction of sp³-hybridized carbons (Fsp3) is 0.130. The van der Waals surface area contributed by atoms with Gasteiger partial charge in [-0.2, -0.15) is 0 Å². The Hall–Kier alpha value is -2.91. The van der Waals surface area contributed by atoms with Crippen LogP contribution in [0.25, 0.3) is 16.7 Å². The van der Waals surface area contributed by atoms with E-state index < -0.39 is 0 Å². The molecule has 3 aromatic carbocycles. The highest BCUT2D eigenvalue weighted by Crippen LogP contribution is 2.22. The molecule has 1 heterocycles. The normalized spacial score (nSPS) is 10.9. The Labute approximate surface area is 188 Å². The minimum Gasteiger partial charge on any atom is -0.489 e. The molecule has 0 aliphatic rings. The lowest BCUT2D eigenvalue weighted by molar-refractivity contribution is 0.0829. The molecule has 1 N–H and O–H groups in total. The molecule has 6 nitrogen and oxygen atoms in total. The molecule has 0 atom stereocenters. The number of aromatic nitrogens is 2. The van der Waals surface area contributed by atoms with Crippen LogP contribution in [0.4, 0.5) is 0 Å². The Morgan fingerprint density at radius 1 is 1.07 bits per heavy atom. The minimum atomic E-state index is -0.310. The minimum absolute atomic E-state index is 0.310. The third-order valence-electron chi connectivity index (χ3n) is 4.86. The van der Waals surface area contributed by atoms with Crippen molar-refractivity contribution in [1.82, 2.24) is 15.0 Å². The molecule has 0 saturated carbocycles. The van der Waals surface area contributed by atoms with E-state index in [1.807, 2.05) is 34.9 Å². The van der Waals surface area contributed by atoms with Crippen molar-refractivity contribution in [2.45, 2.75) is 20.0 Å². The maximum absolute atomic E-state index is 12.0. The number of nitrogens with one attached hydrogen (secondary N) is 1. The van der Waals surface area contributed by atoms with Gasteiger partial charge in [0.1, 0.15) is 41.7 Å². The maximum Gasteiger partial charge on any atom is 0.275 e. The van der Waals surface area contributed by atoms with Crippen LogP contribution in [0.15, 0.2) is 73.1 Å². The second kappa shape index (κ2) is 9.27. The molecule has 1 amide bonds. The van der Waals surface area contributed by atoms with Gasteiger partial charge in [0, 0.05) is 11.3 Å². The Morgan fingerprint density at radius 3 is 2.63 bits per heavy atom. The molecule has 0 aliphatic heterocycles. The molecule has 30 heavy (non-hydrogen) atoms. The first kappa shape index (κ1) is 20.4. The summed E-state index contributed by atoms with van der Waals surface area (Å²) < 4.78 is 12.6. The molecular formula is C23H20IN3O3. The molecule has 1 aromatic heterocycles. The van der Waals surface area contributed by atoms with Crippen LogP contribution in [-0.4, -0.2) is 15.5 Å². The summed E-state index contributed by atoms with van der Waals surface area (Å²) in [6, 6.07) is 21.6. The van der Waals surface area contributed by atoms with Gasteiger partial charge in [-0.3, -0.25) is 9.36 Å². The van der Waals surface area contributed by atoms with E-state index in [1.165, 1.54) is 5.56 Å². The van der Waals surface area contributed by atoms with Crippen LogP contribution >= 0.6 is 23.0 Å². The molecule has 0 aliphatic carbocycles. The van der Waals surface area contributed by atoms with E-state index in [-0.39, 0.29) is 5.91 Å². The number of ether oxygens (including phenoxy) is 1. The number of halogens is 1. The van der Waals surface area contributed by atoms with Gasteiger partial charge in [-0.25, -0.2) is 13.6 Å². The Balaban J connectivity index is 1.52. The number of carbonyl (C=O) groups is 1. The first-order valence-corrected chi connectivity index (χ1v) is 10.4. The number of carbonyl (C=O) groups excluding carboxylic acids is 1. The Kier molecular flexibility index (Phi) is 6.29. The van der Waals surface area contributed by atoms with Gasteiger partial charge in [0.15, 0.2) is 0 Å². The number of benzene rings is 3. The van der Waals surface area contributed by atoms with Gasteiger partial charge in [-0.05, 0) is 60.0 Å². The Morgan fingerprint density at radius 2 is 1.87 bits per heavy atom. The predicted octanol–water partition coefficient (Wildman–Crippen LogP) is 5.18. The number of aryl methyl sites for hydroxylation is 1. The van der Waals surface area contributed by atoms with Gasteiger partial charge in [0.2, 0.25) is 0 Å². The molecule has 0 fully saturated rings. The average Bonchev–Trinajstić information content (AvgIpc) is 3.21. The van der Waals surface area contributed by atoms with Crippen molar-refractivity contribution in [2.75, 3.05) is 0 Å². The first-order chi connectivity index (χ1) is 14.7. The fourth-order valence-corrected chi connectivity index (χ4v) is 3.46. The van der Waals surface area contributed by atoms with Crippen LogP contribution in [-0.2, 0) is 16.2 Å². The summed E-state index contributed by atoms with van der Waals surface area (Å²) in [5.74, 6) is 0.485. The lowest BCUT2D eigenvalue weighted by Crippen LogP contribution is -2.19. The van der Waals surface area contributed by atoms with Gasteiger partial charge >= 0.3 is 0 Å². The van der Waals surface area contributed by atoms with E-state index in [9.17, 15) is 4.79 Å². The second-order valence-electron chi connectivity index (χ2n) is 6.78. The predicted molar refractivity (Wildman–Crippen MR) is 124 cm³/mol. The van der Waals surface area contributed by atoms with Crippen LogP contribution in [0, 0.1) is 0 Å². The summed E-state index contributed by atoms with van der Waals surface area (Å²) in [7, 11) is 0. The third-order valence-corrected chi connectivity index (χ3v) is 5.08. The molecule has 4 rings (SSSR count). The number of hydrogen-bond acceptors (Lipinski definition) is 4. The van der Waals surface area contributed by atoms with E-state index in [2.05, 4.69) is 44.8 Å². The molecule has 7 heteroatoms. The van der Waals surface area contributed by atoms with Crippen LogP contribution in [0.3, 0.4) is 0 Å². The Bertz CT molecular complexity index is 1170. The highest BCUT2D eigenvalue weighted by atomic mass is 127. The molecule has 0 bridgehead atoms. The fourth-order valence-electron chi connectivity index (χ4n) is 3.26. The summed E-state index contributed by atoms with van der Waals surface area (Å²) in [5, 5.41) is 0. The van der Waals surface area contributed by atoms with Crippen LogP contribution in [0.5, 0.6) is 5.75 Å². The summed E-state index contributed by atoms with van der Waals surface area (Å²) in [6.07, 6.45) is 2.75. The van der Waals surface area contributed by atoms with Crippen molar-refractivity contribution in [2.24, 2.45) is 0 Å². The number of hydrogen-bond donors (Lipinski definition) is 1. The summed E-state index contributed by atoms with van der Waals surface area (Å²) in [6.45, 7) is 2.67. The van der Waals surface area contributed by atoms with Crippen molar-refractivity contribution in [3.8, 4) is 11.4 Å². The highest BCUT2D eigenvalue weighted by Gasteiger charge is 2.10. The monoisotopic (exact) mass is 513 g/mol. The highest BCUT2D eigenvalue weighted by molar-refractivity contribution is 14.1. The van der Waals surface area contributed by atoms with Crippen molar-refractivity contribution < 1.29 is 12.7 Å². The van der Waals surface area contributed by atoms with Gasteiger partial charge in [0.25, 0.3) is 5.91 Å². The summed E-state index contributed by atoms with van der Waals surface area (Å²) in [4.78, 5) is 16.5. The molecule has 0 radical (unpaired) electrons. The number of imidazole rings is 1. The molecule has 4 aromatic rings. The van der Waals surface area contributed by atoms with E-state index in [4.69, 9.17) is 4.74 Å². The van der Waals surface area contributed by atoms with Gasteiger partial charge in [-0.15, -0.1) is 0 Å². The van der Waals surface area contributed by atoms with Gasteiger partial charge in [0.05, 0.1) is 11.0 Å². The zero-order valence-corrected chi connectivity index (χ0v) is 18.5. The summed E-state index contributed by atoms with van der Waals surface area (Å²) in [5.41, 5.74) is 7.84. The SMILES string of the molecule is CCc1cccc(COc2ccc(-n3cnc4ccc(C(=O)NOI)cc43)cc2)c1. The second-order valence-corrected chi connectivity index (χ2v) is 7.22. The lowest BCUT2D eigenvalue weighted by Gasteiger charge is -2.10. The number of hydroxylamine groups is 1. The first-order valence-electron chi connectivity index (χ1n) is 9.54. The third kappa shape index (κ3) is 4.47. The summed E-state index contributed by atoms with van der Waals surface area (Å²) >= 11 is 1.62. The molecule has 152 valence electrons. The van der Waals surface area contributed by atoms with E-state index in [0.717, 1.165) is 34.5 Å². The quantitative estimate of drug-likeness (QED) is 0.273. The number of rotatable bonds is 7. The average molecular weight is 513 g/mol. The zero-order valence-electron chi connectivity index (χ0n) is 16.3. The van der Waals surface area contributed by atoms with Crippen molar-refractivity contribution in [1.29, 1.82) is 0 Å². The standard InChI is InChI=1S/C23H20IN3O3/c1-2-16-4-3-5-17(12-16)14-29-20-9-7-19(8-10-20)27-15-25-21-11-6-18(13-22(21)27)23(28)26-30-24/h3-13,15H,2,14H2,1H3,(H,26,28). The maximum atomic E-state index is 12.0. The largest absolute Gasteiger partial charge is 0.489 e. The molecule has 0 unspecified atom stereocenters. The van der Waals surface area contributed by atoms with E-state index in [0.29, 0.717) is 12.2 Å². The molecular weight excluding hydrogens is 493 g/mol. The van der Waals surface area contributed by atoms with Crippen molar-refractivity contribution >= 4 is 39.9 Å². The number of fused-ring (bicyclic) bond motifs is 1. The zero-order chi connectivity index (χ0) is 20.9. The number of nitrogens with zero attached hydrogens (tertiary/aromatic N) is 2. The van der Waals surface area contributed by atoms with Crippen LogP contribution in [0.2, 0.25) is 0 Å². The van der Waals surface area contributed by atoms with Crippen LogP contribution < -0.4 is 10.2 Å². The smallest absolute Gasteiger partial charge is 0.275 e. The molecule has 0 saturated heterocycles. The van der Waals surface area contributed by atoms with Crippen molar-refractivity contribution in [3.05, 3.63) is 89.7 Å². The van der Waals surface area contributed by atoms with Gasteiger partial charge < -0.3 is 4.74 Å². The lowest BCUT2D eigenvalue weighted by atomic mass is 10.1. The van der Waals surface area contributed by atoms with Crippen LogP contribution in [0.1, 0.15) is 28.4 Å². The van der Waals surface area contributed by atoms with Gasteiger partial charge in [-0.1, -0.05) is 31.2 Å². The molecule has 0 spiro atoms.